The molecule has 1 aromatic carbocycles. The first kappa shape index (κ1) is 25.5. The Morgan fingerprint density at radius 2 is 2.03 bits per heavy atom. The van der Waals surface area contributed by atoms with Crippen LogP contribution in [0.3, 0.4) is 0 Å². The highest BCUT2D eigenvalue weighted by Crippen LogP contribution is 2.37. The summed E-state index contributed by atoms with van der Waals surface area (Å²) >= 11 is 7.60. The molecule has 188 valence electrons. The minimum absolute atomic E-state index is 0.146. The minimum Gasteiger partial charge on any atom is -0.352 e. The van der Waals surface area contributed by atoms with E-state index in [1.165, 1.54) is 16.2 Å². The van der Waals surface area contributed by atoms with Gasteiger partial charge >= 0.3 is 6.03 Å². The summed E-state index contributed by atoms with van der Waals surface area (Å²) < 4.78 is 0.629. The Kier molecular flexibility index (Phi) is 7.53. The number of anilines is 2. The molecule has 1 aliphatic heterocycles. The Balaban J connectivity index is 1.58. The number of halogens is 1. The van der Waals surface area contributed by atoms with Gasteiger partial charge in [0.1, 0.15) is 5.54 Å². The van der Waals surface area contributed by atoms with Crippen molar-refractivity contribution in [2.75, 3.05) is 37.3 Å². The van der Waals surface area contributed by atoms with Gasteiger partial charge in [0, 0.05) is 30.5 Å². The van der Waals surface area contributed by atoms with Crippen molar-refractivity contribution in [1.29, 1.82) is 0 Å². The van der Waals surface area contributed by atoms with Crippen molar-refractivity contribution in [2.24, 2.45) is 0 Å². The van der Waals surface area contributed by atoms with Crippen molar-refractivity contribution in [2.45, 2.75) is 19.4 Å². The molecule has 0 atom stereocenters. The predicted octanol–water partition coefficient (Wildman–Crippen LogP) is 3.43. The SMILES string of the molecule is CNCC(=O)Nc1cccc(-c2cnc(NCCN3C(=O)NC(=O)C3(C)C)nc2-c2ccc(Cl)s2)c1. The van der Waals surface area contributed by atoms with E-state index < -0.39 is 11.6 Å². The van der Waals surface area contributed by atoms with Gasteiger partial charge in [-0.2, -0.15) is 0 Å². The molecule has 1 fully saturated rings. The fourth-order valence-electron chi connectivity index (χ4n) is 3.79. The Morgan fingerprint density at radius 1 is 1.22 bits per heavy atom. The largest absolute Gasteiger partial charge is 0.352 e. The highest BCUT2D eigenvalue weighted by molar-refractivity contribution is 7.19. The van der Waals surface area contributed by atoms with Gasteiger partial charge < -0.3 is 20.9 Å². The van der Waals surface area contributed by atoms with Gasteiger partial charge in [0.05, 0.1) is 21.5 Å². The Bertz CT molecular complexity index is 1310. The van der Waals surface area contributed by atoms with Crippen molar-refractivity contribution >= 4 is 52.4 Å². The quantitative estimate of drug-likeness (QED) is 0.314. The average Bonchev–Trinajstić information content (AvgIpc) is 3.35. The van der Waals surface area contributed by atoms with Crippen LogP contribution in [0, 0.1) is 0 Å². The van der Waals surface area contributed by atoms with E-state index in [9.17, 15) is 14.4 Å². The molecular weight excluding hydrogens is 502 g/mol. The molecule has 0 unspecified atom stereocenters. The number of hydrogen-bond donors (Lipinski definition) is 4. The molecule has 1 aliphatic rings. The van der Waals surface area contributed by atoms with Gasteiger partial charge in [-0.05, 0) is 50.7 Å². The molecule has 2 aromatic heterocycles. The van der Waals surface area contributed by atoms with Gasteiger partial charge in [0.15, 0.2) is 0 Å². The number of thiophene rings is 1. The number of likely N-dealkylation sites (N-methyl/N-ethyl adjacent to an activating group) is 1. The molecule has 4 N–H and O–H groups in total. The number of imide groups is 1. The molecule has 10 nitrogen and oxygen atoms in total. The number of benzene rings is 1. The van der Waals surface area contributed by atoms with Gasteiger partial charge in [-0.15, -0.1) is 11.3 Å². The third-order valence-electron chi connectivity index (χ3n) is 5.70. The lowest BCUT2D eigenvalue weighted by molar-refractivity contribution is -0.125. The maximum Gasteiger partial charge on any atom is 0.325 e. The maximum absolute atomic E-state index is 12.1. The molecule has 0 spiro atoms. The second kappa shape index (κ2) is 10.6. The van der Waals surface area contributed by atoms with Crippen molar-refractivity contribution in [3.63, 3.8) is 0 Å². The topological polar surface area (TPSA) is 128 Å². The van der Waals surface area contributed by atoms with Crippen molar-refractivity contribution in [1.82, 2.24) is 25.5 Å². The zero-order valence-electron chi connectivity index (χ0n) is 20.0. The van der Waals surface area contributed by atoms with Crippen LogP contribution >= 0.6 is 22.9 Å². The van der Waals surface area contributed by atoms with E-state index in [4.69, 9.17) is 16.6 Å². The Hall–Kier alpha value is -3.54. The van der Waals surface area contributed by atoms with Gasteiger partial charge in [-0.3, -0.25) is 14.9 Å². The number of carbonyl (C=O) groups is 3. The molecule has 0 radical (unpaired) electrons. The summed E-state index contributed by atoms with van der Waals surface area (Å²) in [5.41, 5.74) is 2.02. The van der Waals surface area contributed by atoms with Gasteiger partial charge in [-0.25, -0.2) is 14.8 Å². The van der Waals surface area contributed by atoms with Crippen molar-refractivity contribution in [3.05, 3.63) is 46.9 Å². The summed E-state index contributed by atoms with van der Waals surface area (Å²) in [6, 6.07) is 10.7. The molecule has 0 bridgehead atoms. The summed E-state index contributed by atoms with van der Waals surface area (Å²) in [6.45, 7) is 4.25. The number of nitrogens with zero attached hydrogens (tertiary/aromatic N) is 3. The van der Waals surface area contributed by atoms with Crippen LogP contribution in [-0.2, 0) is 9.59 Å². The lowest BCUT2D eigenvalue weighted by atomic mass is 10.0. The first-order valence-corrected chi connectivity index (χ1v) is 12.4. The van der Waals surface area contributed by atoms with Crippen molar-refractivity contribution in [3.8, 4) is 21.7 Å². The van der Waals surface area contributed by atoms with Crippen LogP contribution in [0.5, 0.6) is 0 Å². The smallest absolute Gasteiger partial charge is 0.325 e. The predicted molar refractivity (Wildman–Crippen MR) is 141 cm³/mol. The zero-order valence-corrected chi connectivity index (χ0v) is 21.6. The summed E-state index contributed by atoms with van der Waals surface area (Å²) in [6.07, 6.45) is 1.71. The van der Waals surface area contributed by atoms with E-state index in [1.54, 1.807) is 33.2 Å². The third kappa shape index (κ3) is 5.48. The number of rotatable bonds is 9. The number of carbonyl (C=O) groups excluding carboxylic acids is 3. The number of amides is 4. The monoisotopic (exact) mass is 527 g/mol. The van der Waals surface area contributed by atoms with Crippen LogP contribution in [0.15, 0.2) is 42.6 Å². The number of nitrogens with one attached hydrogen (secondary N) is 4. The normalized spacial score (nSPS) is 14.6. The van der Waals surface area contributed by atoms with Crippen LogP contribution in [0.2, 0.25) is 4.34 Å². The highest BCUT2D eigenvalue weighted by atomic mass is 35.5. The summed E-state index contributed by atoms with van der Waals surface area (Å²) in [4.78, 5) is 47.6. The second-order valence-corrected chi connectivity index (χ2v) is 10.3. The maximum atomic E-state index is 12.1. The lowest BCUT2D eigenvalue weighted by Crippen LogP contribution is -2.46. The third-order valence-corrected chi connectivity index (χ3v) is 6.94. The molecule has 36 heavy (non-hydrogen) atoms. The molecular formula is C24H26ClN7O3S. The molecule has 0 aliphatic carbocycles. The van der Waals surface area contributed by atoms with Gasteiger partial charge in [0.2, 0.25) is 11.9 Å². The average molecular weight is 528 g/mol. The number of hydrogen-bond acceptors (Lipinski definition) is 8. The fourth-order valence-corrected chi connectivity index (χ4v) is 4.84. The van der Waals surface area contributed by atoms with Crippen LogP contribution in [-0.4, -0.2) is 64.9 Å². The van der Waals surface area contributed by atoms with E-state index >= 15 is 0 Å². The first-order valence-electron chi connectivity index (χ1n) is 11.2. The van der Waals surface area contributed by atoms with E-state index in [1.807, 2.05) is 30.3 Å². The van der Waals surface area contributed by atoms with E-state index in [0.29, 0.717) is 34.8 Å². The number of urea groups is 1. The summed E-state index contributed by atoms with van der Waals surface area (Å²) in [5, 5.41) is 11.2. The Labute approximate surface area is 217 Å². The highest BCUT2D eigenvalue weighted by Gasteiger charge is 2.45. The Morgan fingerprint density at radius 3 is 2.69 bits per heavy atom. The van der Waals surface area contributed by atoms with E-state index in [2.05, 4.69) is 26.3 Å². The molecule has 0 saturated carbocycles. The zero-order chi connectivity index (χ0) is 25.9. The van der Waals surface area contributed by atoms with E-state index in [-0.39, 0.29) is 18.4 Å². The van der Waals surface area contributed by atoms with Crippen LogP contribution in [0.25, 0.3) is 21.7 Å². The molecule has 12 heteroatoms. The summed E-state index contributed by atoms with van der Waals surface area (Å²) in [5.74, 6) is -0.0953. The number of aromatic nitrogens is 2. The molecule has 1 saturated heterocycles. The molecule has 4 amide bonds. The van der Waals surface area contributed by atoms with E-state index in [0.717, 1.165) is 16.0 Å². The van der Waals surface area contributed by atoms with Crippen LogP contribution in [0.1, 0.15) is 13.8 Å². The lowest BCUT2D eigenvalue weighted by Gasteiger charge is -2.27. The molecule has 4 rings (SSSR count). The second-order valence-electron chi connectivity index (χ2n) is 8.62. The fraction of sp³-hybridized carbons (Fsp3) is 0.292. The molecule has 3 heterocycles. The summed E-state index contributed by atoms with van der Waals surface area (Å²) in [7, 11) is 1.71. The van der Waals surface area contributed by atoms with Crippen LogP contribution < -0.4 is 21.3 Å². The first-order chi connectivity index (χ1) is 17.2. The molecule has 3 aromatic rings. The van der Waals surface area contributed by atoms with Crippen LogP contribution in [0.4, 0.5) is 16.4 Å². The van der Waals surface area contributed by atoms with Gasteiger partial charge in [0.25, 0.3) is 5.91 Å². The standard InChI is InChI=1S/C24H26ClN7O3S/c1-24(2)21(34)31-23(35)32(24)10-9-27-22-28-12-16(20(30-22)17-7-8-18(25)36-17)14-5-4-6-15(11-14)29-19(33)13-26-3/h4-8,11-12,26H,9-10,13H2,1-3H3,(H,29,33)(H,27,28,30)(H,31,34,35). The minimum atomic E-state index is -0.921. The van der Waals surface area contributed by atoms with Crippen molar-refractivity contribution < 1.29 is 14.4 Å². The van der Waals surface area contributed by atoms with Gasteiger partial charge in [-0.1, -0.05) is 23.7 Å².